The Morgan fingerprint density at radius 2 is 0.682 bits per heavy atom. The minimum atomic E-state index is -0.0278. The van der Waals surface area contributed by atoms with Crippen LogP contribution in [0.1, 0.15) is 145 Å². The van der Waals surface area contributed by atoms with Crippen LogP contribution in [0, 0.1) is 0 Å². The molecule has 0 N–H and O–H groups in total. The molecule has 2 unspecified atom stereocenters. The van der Waals surface area contributed by atoms with Crippen LogP contribution in [0.3, 0.4) is 0 Å². The molecular weight excluding hydrogens is 805 g/mol. The van der Waals surface area contributed by atoms with Crippen LogP contribution in [-0.4, -0.2) is 47.8 Å². The summed E-state index contributed by atoms with van der Waals surface area (Å²) in [5, 5.41) is 7.53. The van der Waals surface area contributed by atoms with Gasteiger partial charge in [-0.2, -0.15) is 0 Å². The topological polar surface area (TPSA) is 40.6 Å². The zero-order valence-corrected chi connectivity index (χ0v) is 39.2. The van der Waals surface area contributed by atoms with Crippen LogP contribution in [0.5, 0.6) is 0 Å². The second-order valence-electron chi connectivity index (χ2n) is 18.8. The van der Waals surface area contributed by atoms with E-state index in [4.69, 9.17) is 0 Å². The van der Waals surface area contributed by atoms with E-state index in [9.17, 15) is 9.59 Å². The molecule has 10 rings (SSSR count). The Labute approximate surface area is 391 Å². The van der Waals surface area contributed by atoms with E-state index in [0.29, 0.717) is 0 Å². The molecular formula is C62H62N2O2. The lowest BCUT2D eigenvalue weighted by atomic mass is 9.81. The molecule has 4 heteroatoms. The third-order valence-corrected chi connectivity index (χ3v) is 14.6. The molecule has 0 bridgehead atoms. The third-order valence-electron chi connectivity index (χ3n) is 14.6. The summed E-state index contributed by atoms with van der Waals surface area (Å²) in [6, 6.07) is 53.5. The Balaban J connectivity index is 1.13. The normalized spacial score (nSPS) is 14.6. The van der Waals surface area contributed by atoms with Gasteiger partial charge in [0.1, 0.15) is 0 Å². The molecule has 66 heavy (non-hydrogen) atoms. The smallest absolute Gasteiger partial charge is 0.253 e. The van der Waals surface area contributed by atoms with Crippen molar-refractivity contribution in [3.63, 3.8) is 0 Å². The minimum Gasteiger partial charge on any atom is -0.339 e. The number of hydrogen-bond donors (Lipinski definition) is 0. The first-order chi connectivity index (χ1) is 32.4. The second kappa shape index (κ2) is 18.8. The number of carbonyl (C=O) groups excluding carboxylic acids is 2. The number of unbranched alkanes of at least 4 members (excludes halogenated alkanes) is 4. The van der Waals surface area contributed by atoms with Crippen LogP contribution < -0.4 is 0 Å². The molecule has 2 atom stereocenters. The molecule has 2 amide bonds. The van der Waals surface area contributed by atoms with E-state index in [1.165, 1.54) is 88.0 Å². The van der Waals surface area contributed by atoms with Crippen molar-refractivity contribution >= 4 is 44.1 Å². The average molecular weight is 867 g/mol. The standard InChI is InChI=1S/C62H62N2O2/c1-5-9-37-63(38-10-6-2)61(65)45-25-21-43(22-26-45)55-57-47-19-15-13-17-41(47)29-31-49(57)51-33-36-54-53(59(51)55)35-34-52-50-32-30-42-18-14-16-20-48(42)58(50)56(60(52)54)44-23-27-46(28-24-44)62(66)64(39-11-7-3)40-12-8-4/h13-36,55-56H,5-12,37-40H2,1-4H3. The van der Waals surface area contributed by atoms with Crippen molar-refractivity contribution in [2.75, 3.05) is 26.2 Å². The highest BCUT2D eigenvalue weighted by atomic mass is 16.2. The third kappa shape index (κ3) is 7.59. The Hall–Kier alpha value is -6.52. The quantitative estimate of drug-likeness (QED) is 0.0971. The fraction of sp³-hybridized carbons (Fsp3) is 0.290. The highest BCUT2D eigenvalue weighted by Gasteiger charge is 2.38. The molecule has 0 radical (unpaired) electrons. The fourth-order valence-electron chi connectivity index (χ4n) is 11.2. The molecule has 8 aromatic rings. The van der Waals surface area contributed by atoms with E-state index in [1.807, 2.05) is 0 Å². The average Bonchev–Trinajstić information content (AvgIpc) is 3.90. The van der Waals surface area contributed by atoms with Crippen molar-refractivity contribution in [3.8, 4) is 22.3 Å². The van der Waals surface area contributed by atoms with Crippen LogP contribution in [0.15, 0.2) is 146 Å². The van der Waals surface area contributed by atoms with Gasteiger partial charge in [0.05, 0.1) is 0 Å². The first-order valence-electron chi connectivity index (χ1n) is 24.9. The lowest BCUT2D eigenvalue weighted by molar-refractivity contribution is 0.0743. The lowest BCUT2D eigenvalue weighted by Gasteiger charge is -2.24. The van der Waals surface area contributed by atoms with Crippen molar-refractivity contribution in [2.45, 2.75) is 90.9 Å². The summed E-state index contributed by atoms with van der Waals surface area (Å²) in [6.45, 7) is 11.9. The number of carbonyl (C=O) groups is 2. The van der Waals surface area contributed by atoms with Gasteiger partial charge in [-0.1, -0.05) is 175 Å². The van der Waals surface area contributed by atoms with Gasteiger partial charge in [-0.15, -0.1) is 0 Å². The molecule has 8 aromatic carbocycles. The maximum atomic E-state index is 14.0. The van der Waals surface area contributed by atoms with Gasteiger partial charge in [-0.25, -0.2) is 0 Å². The summed E-state index contributed by atoms with van der Waals surface area (Å²) in [5.41, 5.74) is 14.3. The fourth-order valence-corrected chi connectivity index (χ4v) is 11.2. The molecule has 0 saturated carbocycles. The van der Waals surface area contributed by atoms with Gasteiger partial charge in [0, 0.05) is 49.1 Å². The van der Waals surface area contributed by atoms with Crippen molar-refractivity contribution < 1.29 is 9.59 Å². The van der Waals surface area contributed by atoms with Crippen LogP contribution >= 0.6 is 0 Å². The van der Waals surface area contributed by atoms with Crippen LogP contribution in [-0.2, 0) is 0 Å². The van der Waals surface area contributed by atoms with E-state index in [2.05, 4.69) is 183 Å². The number of nitrogens with zero attached hydrogens (tertiary/aromatic N) is 2. The van der Waals surface area contributed by atoms with E-state index >= 15 is 0 Å². The molecule has 0 aromatic heterocycles. The number of rotatable bonds is 16. The summed E-state index contributed by atoms with van der Waals surface area (Å²) < 4.78 is 0. The maximum Gasteiger partial charge on any atom is 0.253 e. The summed E-state index contributed by atoms with van der Waals surface area (Å²) in [4.78, 5) is 32.2. The van der Waals surface area contributed by atoms with Crippen molar-refractivity contribution in [1.82, 2.24) is 9.80 Å². The molecule has 0 fully saturated rings. The van der Waals surface area contributed by atoms with Gasteiger partial charge in [-0.3, -0.25) is 9.59 Å². The molecule has 0 spiro atoms. The lowest BCUT2D eigenvalue weighted by Crippen LogP contribution is -2.32. The Morgan fingerprint density at radius 1 is 0.364 bits per heavy atom. The molecule has 0 aliphatic heterocycles. The summed E-state index contributed by atoms with van der Waals surface area (Å²) in [7, 11) is 0. The highest BCUT2D eigenvalue weighted by molar-refractivity contribution is 6.08. The van der Waals surface area contributed by atoms with Gasteiger partial charge in [0.25, 0.3) is 11.8 Å². The molecule has 0 saturated heterocycles. The highest BCUT2D eigenvalue weighted by Crippen LogP contribution is 2.57. The Morgan fingerprint density at radius 3 is 1.03 bits per heavy atom. The second-order valence-corrected chi connectivity index (χ2v) is 18.8. The number of benzene rings is 8. The minimum absolute atomic E-state index is 0.0278. The molecule has 2 aliphatic carbocycles. The Bertz CT molecular complexity index is 2860. The largest absolute Gasteiger partial charge is 0.339 e. The van der Waals surface area contributed by atoms with Crippen LogP contribution in [0.2, 0.25) is 0 Å². The number of amides is 2. The summed E-state index contributed by atoms with van der Waals surface area (Å²) in [5.74, 6) is 0.200. The molecule has 332 valence electrons. The van der Waals surface area contributed by atoms with E-state index in [1.54, 1.807) is 0 Å². The predicted octanol–water partition coefficient (Wildman–Crippen LogP) is 15.6. The first-order valence-corrected chi connectivity index (χ1v) is 24.9. The molecule has 4 nitrogen and oxygen atoms in total. The molecule has 0 heterocycles. The van der Waals surface area contributed by atoms with E-state index < -0.39 is 0 Å². The zero-order chi connectivity index (χ0) is 45.3. The SMILES string of the molecule is CCCCN(CCCC)C(=O)c1ccc(C2c3c(ccc4ccccc34)-c3ccc4c5c(ccc4c32)-c2ccc3ccccc3c2C5c2ccc(C(=O)N(CCCC)CCCC)cc2)cc1. The van der Waals surface area contributed by atoms with E-state index in [-0.39, 0.29) is 23.7 Å². The van der Waals surface area contributed by atoms with Gasteiger partial charge in [-0.05, 0) is 138 Å². The van der Waals surface area contributed by atoms with Crippen molar-refractivity contribution in [3.05, 3.63) is 190 Å². The van der Waals surface area contributed by atoms with Crippen LogP contribution in [0.25, 0.3) is 54.6 Å². The van der Waals surface area contributed by atoms with Crippen molar-refractivity contribution in [1.29, 1.82) is 0 Å². The van der Waals surface area contributed by atoms with Gasteiger partial charge in [0.15, 0.2) is 0 Å². The predicted molar refractivity (Wildman–Crippen MR) is 276 cm³/mol. The Kier molecular flexibility index (Phi) is 12.3. The van der Waals surface area contributed by atoms with Gasteiger partial charge in [0.2, 0.25) is 0 Å². The first kappa shape index (κ1) is 43.4. The van der Waals surface area contributed by atoms with Gasteiger partial charge < -0.3 is 9.80 Å². The van der Waals surface area contributed by atoms with E-state index in [0.717, 1.165) is 88.7 Å². The van der Waals surface area contributed by atoms with Crippen molar-refractivity contribution in [2.24, 2.45) is 0 Å². The zero-order valence-electron chi connectivity index (χ0n) is 39.2. The molecule has 2 aliphatic rings. The number of fused-ring (bicyclic) bond motifs is 13. The number of hydrogen-bond acceptors (Lipinski definition) is 2. The summed E-state index contributed by atoms with van der Waals surface area (Å²) >= 11 is 0. The van der Waals surface area contributed by atoms with Gasteiger partial charge >= 0.3 is 0 Å². The summed E-state index contributed by atoms with van der Waals surface area (Å²) in [6.07, 6.45) is 8.30. The van der Waals surface area contributed by atoms with Crippen LogP contribution in [0.4, 0.5) is 0 Å². The monoisotopic (exact) mass is 866 g/mol. The maximum absolute atomic E-state index is 14.0.